The molecule has 3 heterocycles. The van der Waals surface area contributed by atoms with Crippen molar-refractivity contribution < 1.29 is 4.42 Å². The van der Waals surface area contributed by atoms with E-state index in [2.05, 4.69) is 30.8 Å². The number of hydrogen-bond donors (Lipinski definition) is 1. The number of tetrazole rings is 1. The van der Waals surface area contributed by atoms with Crippen LogP contribution in [0.25, 0.3) is 5.65 Å². The Morgan fingerprint density at radius 1 is 1.35 bits per heavy atom. The lowest BCUT2D eigenvalue weighted by molar-refractivity contribution is 0.269. The molecule has 0 bridgehead atoms. The molecule has 0 fully saturated rings. The van der Waals surface area contributed by atoms with Crippen molar-refractivity contribution in [3.05, 3.63) is 36.3 Å². The van der Waals surface area contributed by atoms with Gasteiger partial charge in [-0.1, -0.05) is 0 Å². The first kappa shape index (κ1) is 12.5. The van der Waals surface area contributed by atoms with E-state index >= 15 is 0 Å². The fraction of sp³-hybridized carbons (Fsp3) is 0.333. The number of nitrogens with one attached hydrogen (secondary N) is 1. The van der Waals surface area contributed by atoms with Gasteiger partial charge in [0.25, 0.3) is 0 Å². The van der Waals surface area contributed by atoms with Gasteiger partial charge in [-0.25, -0.2) is 0 Å². The third kappa shape index (κ3) is 2.45. The van der Waals surface area contributed by atoms with Crippen molar-refractivity contribution in [1.82, 2.24) is 30.2 Å². The van der Waals surface area contributed by atoms with Gasteiger partial charge in [-0.05, 0) is 48.8 Å². The lowest BCUT2D eigenvalue weighted by Gasteiger charge is -2.22. The fourth-order valence-electron chi connectivity index (χ4n) is 1.96. The standard InChI is InChI=1S/C12H15N7O/c1-18(2)9(10-4-3-7-20-10)8-13-11-5-6-12-14-16-17-19(12)15-11/h3-7,9H,8H2,1-2H3,(H,13,15)/t9-/m1/s1. The van der Waals surface area contributed by atoms with E-state index in [1.54, 1.807) is 6.26 Å². The molecular formula is C12H15N7O. The Hall–Kier alpha value is -2.48. The van der Waals surface area contributed by atoms with Crippen LogP contribution in [0.1, 0.15) is 11.8 Å². The van der Waals surface area contributed by atoms with Gasteiger partial charge < -0.3 is 9.73 Å². The average Bonchev–Trinajstić information content (AvgIpc) is 3.08. The van der Waals surface area contributed by atoms with Crippen molar-refractivity contribution >= 4 is 11.5 Å². The first-order valence-corrected chi connectivity index (χ1v) is 6.23. The van der Waals surface area contributed by atoms with Crippen molar-refractivity contribution in [3.8, 4) is 0 Å². The fourth-order valence-corrected chi connectivity index (χ4v) is 1.96. The first-order valence-electron chi connectivity index (χ1n) is 6.23. The zero-order valence-electron chi connectivity index (χ0n) is 11.3. The minimum Gasteiger partial charge on any atom is -0.468 e. The summed E-state index contributed by atoms with van der Waals surface area (Å²) in [5.74, 6) is 1.62. The van der Waals surface area contributed by atoms with Crippen LogP contribution >= 0.6 is 0 Å². The highest BCUT2D eigenvalue weighted by molar-refractivity contribution is 5.42. The molecule has 1 N–H and O–H groups in total. The highest BCUT2D eigenvalue weighted by Crippen LogP contribution is 2.19. The number of furan rings is 1. The van der Waals surface area contributed by atoms with E-state index in [1.165, 1.54) is 4.63 Å². The molecule has 0 radical (unpaired) electrons. The largest absolute Gasteiger partial charge is 0.468 e. The third-order valence-corrected chi connectivity index (χ3v) is 3.04. The van der Waals surface area contributed by atoms with Crippen LogP contribution in [0, 0.1) is 0 Å². The van der Waals surface area contributed by atoms with Gasteiger partial charge in [0.2, 0.25) is 0 Å². The molecule has 0 spiro atoms. The lowest BCUT2D eigenvalue weighted by Crippen LogP contribution is -2.26. The minimum absolute atomic E-state index is 0.122. The van der Waals surface area contributed by atoms with Crippen LogP contribution in [0.15, 0.2) is 34.9 Å². The summed E-state index contributed by atoms with van der Waals surface area (Å²) in [6.45, 7) is 0.668. The van der Waals surface area contributed by atoms with Gasteiger partial charge in [-0.3, -0.25) is 4.90 Å². The predicted molar refractivity (Wildman–Crippen MR) is 72.2 cm³/mol. The van der Waals surface area contributed by atoms with Gasteiger partial charge in [-0.15, -0.1) is 14.8 Å². The summed E-state index contributed by atoms with van der Waals surface area (Å²) in [6, 6.07) is 7.63. The molecule has 0 saturated heterocycles. The Bertz CT molecular complexity index is 676. The topological polar surface area (TPSA) is 84.4 Å². The van der Waals surface area contributed by atoms with E-state index in [1.807, 2.05) is 38.4 Å². The van der Waals surface area contributed by atoms with Gasteiger partial charge >= 0.3 is 0 Å². The Morgan fingerprint density at radius 3 is 3.00 bits per heavy atom. The molecule has 3 rings (SSSR count). The maximum Gasteiger partial charge on any atom is 0.200 e. The van der Waals surface area contributed by atoms with Crippen LogP contribution in [0.4, 0.5) is 5.82 Å². The lowest BCUT2D eigenvalue weighted by atomic mass is 10.2. The van der Waals surface area contributed by atoms with Crippen molar-refractivity contribution in [2.75, 3.05) is 26.0 Å². The average molecular weight is 273 g/mol. The van der Waals surface area contributed by atoms with Gasteiger partial charge in [0.1, 0.15) is 11.6 Å². The number of likely N-dealkylation sites (N-methyl/N-ethyl adjacent to an activating group) is 1. The SMILES string of the molecule is CN(C)[C@H](CNc1ccc2nnnn2n1)c1ccco1. The minimum atomic E-state index is 0.122. The van der Waals surface area contributed by atoms with Crippen molar-refractivity contribution in [2.45, 2.75) is 6.04 Å². The summed E-state index contributed by atoms with van der Waals surface area (Å²) >= 11 is 0. The predicted octanol–water partition coefficient (Wildman–Crippen LogP) is 0.827. The van der Waals surface area contributed by atoms with Gasteiger partial charge in [0, 0.05) is 6.54 Å². The summed E-state index contributed by atoms with van der Waals surface area (Å²) in [5.41, 5.74) is 0.616. The number of rotatable bonds is 5. The molecule has 0 aliphatic carbocycles. The maximum atomic E-state index is 5.46. The molecule has 0 saturated carbocycles. The molecule has 20 heavy (non-hydrogen) atoms. The van der Waals surface area contributed by atoms with Crippen molar-refractivity contribution in [2.24, 2.45) is 0 Å². The van der Waals surface area contributed by atoms with Gasteiger partial charge in [-0.2, -0.15) is 0 Å². The summed E-state index contributed by atoms with van der Waals surface area (Å²) < 4.78 is 6.85. The van der Waals surface area contributed by atoms with Crippen LogP contribution in [0.2, 0.25) is 0 Å². The van der Waals surface area contributed by atoms with Crippen molar-refractivity contribution in [1.29, 1.82) is 0 Å². The number of aromatic nitrogens is 5. The molecule has 1 atom stereocenters. The van der Waals surface area contributed by atoms with Crippen LogP contribution < -0.4 is 5.32 Å². The van der Waals surface area contributed by atoms with Crippen molar-refractivity contribution in [3.63, 3.8) is 0 Å². The second-order valence-electron chi connectivity index (χ2n) is 4.62. The van der Waals surface area contributed by atoms with Crippen LogP contribution in [-0.4, -0.2) is 50.8 Å². The van der Waals surface area contributed by atoms with E-state index in [-0.39, 0.29) is 6.04 Å². The summed E-state index contributed by atoms with van der Waals surface area (Å²) in [6.07, 6.45) is 1.68. The highest BCUT2D eigenvalue weighted by atomic mass is 16.3. The molecule has 3 aromatic heterocycles. The maximum absolute atomic E-state index is 5.46. The van der Waals surface area contributed by atoms with E-state index in [4.69, 9.17) is 4.42 Å². The van der Waals surface area contributed by atoms with Gasteiger partial charge in [0.05, 0.1) is 12.3 Å². The highest BCUT2D eigenvalue weighted by Gasteiger charge is 2.16. The Labute approximate surface area is 115 Å². The summed E-state index contributed by atoms with van der Waals surface area (Å²) in [4.78, 5) is 2.08. The summed E-state index contributed by atoms with van der Waals surface area (Å²) in [7, 11) is 4.01. The Morgan fingerprint density at radius 2 is 2.25 bits per heavy atom. The van der Waals surface area contributed by atoms with E-state index in [0.29, 0.717) is 18.0 Å². The second kappa shape index (κ2) is 5.25. The van der Waals surface area contributed by atoms with Crippen LogP contribution in [0.5, 0.6) is 0 Å². The third-order valence-electron chi connectivity index (χ3n) is 3.04. The molecule has 0 amide bonds. The quantitative estimate of drug-likeness (QED) is 0.736. The number of hydrogen-bond acceptors (Lipinski definition) is 7. The molecule has 3 aromatic rings. The molecule has 8 heteroatoms. The molecule has 0 aromatic carbocycles. The monoisotopic (exact) mass is 273 g/mol. The normalized spacial score (nSPS) is 12.9. The van der Waals surface area contributed by atoms with Crippen LogP contribution in [0.3, 0.4) is 0 Å². The second-order valence-corrected chi connectivity index (χ2v) is 4.62. The van der Waals surface area contributed by atoms with E-state index in [0.717, 1.165) is 5.76 Å². The smallest absolute Gasteiger partial charge is 0.200 e. The zero-order chi connectivity index (χ0) is 13.9. The number of anilines is 1. The molecule has 104 valence electrons. The first-order chi connectivity index (χ1) is 9.74. The van der Waals surface area contributed by atoms with Gasteiger partial charge in [0.15, 0.2) is 5.65 Å². The Kier molecular flexibility index (Phi) is 3.30. The summed E-state index contributed by atoms with van der Waals surface area (Å²) in [5, 5.41) is 18.7. The molecule has 0 aliphatic heterocycles. The van der Waals surface area contributed by atoms with E-state index in [9.17, 15) is 0 Å². The number of fused-ring (bicyclic) bond motifs is 1. The molecule has 8 nitrogen and oxygen atoms in total. The Balaban J connectivity index is 1.73. The van der Waals surface area contributed by atoms with Crippen LogP contribution in [-0.2, 0) is 0 Å². The molecular weight excluding hydrogens is 258 g/mol. The number of nitrogens with zero attached hydrogens (tertiary/aromatic N) is 6. The zero-order valence-corrected chi connectivity index (χ0v) is 11.3. The van der Waals surface area contributed by atoms with E-state index < -0.39 is 0 Å². The molecule has 0 aliphatic rings. The molecule has 0 unspecified atom stereocenters.